The maximum Gasteiger partial charge on any atom is 0.335 e. The Labute approximate surface area is 160 Å². The number of carbonyl (C=O) groups is 1. The van der Waals surface area contributed by atoms with Crippen molar-refractivity contribution in [1.29, 1.82) is 0 Å². The van der Waals surface area contributed by atoms with Gasteiger partial charge in [-0.2, -0.15) is 0 Å². The Morgan fingerprint density at radius 1 is 1.04 bits per heavy atom. The van der Waals surface area contributed by atoms with Gasteiger partial charge in [-0.1, -0.05) is 31.6 Å². The molecule has 5 rings (SSSR count). The Morgan fingerprint density at radius 2 is 1.89 bits per heavy atom. The number of allylic oxidation sites excluding steroid dienone is 4. The second kappa shape index (κ2) is 5.80. The highest BCUT2D eigenvalue weighted by atomic mass is 16.4. The molecule has 0 radical (unpaired) electrons. The molecule has 4 aliphatic rings. The molecule has 1 aromatic heterocycles. The summed E-state index contributed by atoms with van der Waals surface area (Å²) < 4.78 is 5.15. The molecule has 3 fully saturated rings. The van der Waals surface area contributed by atoms with E-state index in [1.165, 1.54) is 30.9 Å². The van der Waals surface area contributed by atoms with Crippen LogP contribution in [0.2, 0.25) is 0 Å². The summed E-state index contributed by atoms with van der Waals surface area (Å²) in [5.41, 5.74) is 3.99. The van der Waals surface area contributed by atoms with Crippen LogP contribution >= 0.6 is 0 Å². The van der Waals surface area contributed by atoms with E-state index in [2.05, 4.69) is 26.0 Å². The zero-order chi connectivity index (χ0) is 18.8. The number of Topliss-reactive ketones (excluding diaryl/α,β-unsaturated/α-hetero) is 1. The third-order valence-corrected chi connectivity index (χ3v) is 8.54. The summed E-state index contributed by atoms with van der Waals surface area (Å²) in [5.74, 6) is 2.39. The Bertz CT molecular complexity index is 899. The van der Waals surface area contributed by atoms with E-state index in [1.807, 2.05) is 6.07 Å². The van der Waals surface area contributed by atoms with Gasteiger partial charge in [-0.05, 0) is 66.9 Å². The first-order chi connectivity index (χ1) is 12.9. The van der Waals surface area contributed by atoms with E-state index in [0.29, 0.717) is 29.0 Å². The molecule has 3 saturated carbocycles. The van der Waals surface area contributed by atoms with Gasteiger partial charge in [0.1, 0.15) is 12.0 Å². The molecule has 0 amide bonds. The maximum atomic E-state index is 12.0. The molecule has 0 bridgehead atoms. The molecule has 3 nitrogen and oxygen atoms in total. The van der Waals surface area contributed by atoms with Gasteiger partial charge in [0.2, 0.25) is 0 Å². The van der Waals surface area contributed by atoms with Gasteiger partial charge in [-0.15, -0.1) is 0 Å². The van der Waals surface area contributed by atoms with Crippen LogP contribution in [-0.2, 0) is 4.79 Å². The van der Waals surface area contributed by atoms with Crippen molar-refractivity contribution >= 4 is 11.4 Å². The second-order valence-electron chi connectivity index (χ2n) is 9.65. The SMILES string of the molecule is C[C@]12CC[C@H]3[C@@H](CC[C@@H]4CC(=O)CC[C@@]43C)C1=CC=C2c1ccc(=O)oc1. The predicted octanol–water partition coefficient (Wildman–Crippen LogP) is 5.17. The van der Waals surface area contributed by atoms with Gasteiger partial charge in [0, 0.05) is 29.9 Å². The third kappa shape index (κ3) is 2.40. The minimum absolute atomic E-state index is 0.0504. The molecular formula is C24H28O3. The molecule has 27 heavy (non-hydrogen) atoms. The Morgan fingerprint density at radius 3 is 2.67 bits per heavy atom. The van der Waals surface area contributed by atoms with Crippen molar-refractivity contribution < 1.29 is 9.21 Å². The van der Waals surface area contributed by atoms with Crippen molar-refractivity contribution in [3.8, 4) is 0 Å². The first-order valence-corrected chi connectivity index (χ1v) is 10.5. The lowest BCUT2D eigenvalue weighted by Crippen LogP contribution is -2.50. The molecule has 0 unspecified atom stereocenters. The zero-order valence-electron chi connectivity index (χ0n) is 16.3. The van der Waals surface area contributed by atoms with Gasteiger partial charge in [0.15, 0.2) is 0 Å². The molecule has 0 aromatic carbocycles. The average Bonchev–Trinajstić information content (AvgIpc) is 3.00. The van der Waals surface area contributed by atoms with Gasteiger partial charge >= 0.3 is 5.63 Å². The molecule has 142 valence electrons. The van der Waals surface area contributed by atoms with Crippen LogP contribution in [0.25, 0.3) is 5.57 Å². The molecular weight excluding hydrogens is 336 g/mol. The van der Waals surface area contributed by atoms with E-state index in [0.717, 1.165) is 31.2 Å². The van der Waals surface area contributed by atoms with E-state index in [9.17, 15) is 9.59 Å². The minimum atomic E-state index is -0.294. The fourth-order valence-electron chi connectivity index (χ4n) is 6.97. The van der Waals surface area contributed by atoms with Crippen LogP contribution in [-0.4, -0.2) is 5.78 Å². The zero-order valence-corrected chi connectivity index (χ0v) is 16.3. The summed E-state index contributed by atoms with van der Waals surface area (Å²) in [5, 5.41) is 0. The molecule has 0 N–H and O–H groups in total. The van der Waals surface area contributed by atoms with E-state index < -0.39 is 0 Å². The van der Waals surface area contributed by atoms with Crippen molar-refractivity contribution in [2.24, 2.45) is 28.6 Å². The first kappa shape index (κ1) is 17.2. The number of fused-ring (bicyclic) bond motifs is 5. The lowest BCUT2D eigenvalue weighted by atomic mass is 9.46. The van der Waals surface area contributed by atoms with Crippen molar-refractivity contribution in [1.82, 2.24) is 0 Å². The molecule has 0 saturated heterocycles. The highest BCUT2D eigenvalue weighted by Gasteiger charge is 2.56. The van der Waals surface area contributed by atoms with E-state index in [1.54, 1.807) is 11.8 Å². The summed E-state index contributed by atoms with van der Waals surface area (Å²) in [7, 11) is 0. The van der Waals surface area contributed by atoms with E-state index in [-0.39, 0.29) is 11.0 Å². The number of hydrogen-bond donors (Lipinski definition) is 0. The van der Waals surface area contributed by atoms with Crippen molar-refractivity contribution in [2.45, 2.75) is 58.8 Å². The van der Waals surface area contributed by atoms with Crippen LogP contribution in [0.4, 0.5) is 0 Å². The normalized spacial score (nSPS) is 40.5. The Kier molecular flexibility index (Phi) is 3.70. The van der Waals surface area contributed by atoms with Crippen LogP contribution in [0.1, 0.15) is 64.4 Å². The van der Waals surface area contributed by atoms with Crippen LogP contribution in [0, 0.1) is 28.6 Å². The Balaban J connectivity index is 1.46. The van der Waals surface area contributed by atoms with Gasteiger partial charge in [0.05, 0.1) is 0 Å². The van der Waals surface area contributed by atoms with Gasteiger partial charge in [0.25, 0.3) is 0 Å². The van der Waals surface area contributed by atoms with Gasteiger partial charge < -0.3 is 4.42 Å². The maximum absolute atomic E-state index is 12.0. The van der Waals surface area contributed by atoms with E-state index in [4.69, 9.17) is 4.42 Å². The van der Waals surface area contributed by atoms with Gasteiger partial charge in [-0.3, -0.25) is 4.79 Å². The summed E-state index contributed by atoms with van der Waals surface area (Å²) in [6, 6.07) is 3.42. The summed E-state index contributed by atoms with van der Waals surface area (Å²) in [6.45, 7) is 4.84. The number of hydrogen-bond acceptors (Lipinski definition) is 3. The highest BCUT2D eigenvalue weighted by Crippen LogP contribution is 2.65. The van der Waals surface area contributed by atoms with Crippen molar-refractivity contribution in [3.63, 3.8) is 0 Å². The van der Waals surface area contributed by atoms with E-state index >= 15 is 0 Å². The number of carbonyl (C=O) groups excluding carboxylic acids is 1. The Hall–Kier alpha value is -1.90. The summed E-state index contributed by atoms with van der Waals surface area (Å²) >= 11 is 0. The predicted molar refractivity (Wildman–Crippen MR) is 105 cm³/mol. The minimum Gasteiger partial charge on any atom is -0.431 e. The molecule has 4 aliphatic carbocycles. The van der Waals surface area contributed by atoms with Crippen LogP contribution in [0.3, 0.4) is 0 Å². The highest BCUT2D eigenvalue weighted by molar-refractivity contribution is 5.80. The average molecular weight is 364 g/mol. The summed E-state index contributed by atoms with van der Waals surface area (Å²) in [6.07, 6.45) is 13.7. The number of ketones is 1. The quantitative estimate of drug-likeness (QED) is 0.691. The first-order valence-electron chi connectivity index (χ1n) is 10.5. The lowest BCUT2D eigenvalue weighted by molar-refractivity contribution is -0.130. The second-order valence-corrected chi connectivity index (χ2v) is 9.65. The van der Waals surface area contributed by atoms with Gasteiger partial charge in [-0.25, -0.2) is 4.79 Å². The van der Waals surface area contributed by atoms with Crippen LogP contribution < -0.4 is 5.63 Å². The van der Waals surface area contributed by atoms with Crippen LogP contribution in [0.5, 0.6) is 0 Å². The van der Waals surface area contributed by atoms with Crippen molar-refractivity contribution in [2.75, 3.05) is 0 Å². The topological polar surface area (TPSA) is 47.3 Å². The molecule has 0 aliphatic heterocycles. The fraction of sp³-hybridized carbons (Fsp3) is 0.583. The molecule has 1 heterocycles. The number of rotatable bonds is 1. The summed E-state index contributed by atoms with van der Waals surface area (Å²) in [4.78, 5) is 23.4. The van der Waals surface area contributed by atoms with Crippen LogP contribution in [0.15, 0.2) is 45.3 Å². The largest absolute Gasteiger partial charge is 0.431 e. The molecule has 3 heteroatoms. The van der Waals surface area contributed by atoms with Crippen molar-refractivity contribution in [3.05, 3.63) is 52.1 Å². The monoisotopic (exact) mass is 364 g/mol. The molecule has 0 spiro atoms. The lowest BCUT2D eigenvalue weighted by Gasteiger charge is -2.58. The standard InChI is InChI=1S/C24H28O3/c1-23-11-9-17(25)13-16(23)4-5-18-20-7-6-19(15-3-8-22(26)27-14-15)24(20,2)12-10-21(18)23/h3,6-8,14,16,18,21H,4-5,9-13H2,1-2H3/t16-,18+,21+,23+,24-/m1/s1. The molecule has 5 atom stereocenters. The fourth-order valence-corrected chi connectivity index (χ4v) is 6.97. The third-order valence-electron chi connectivity index (χ3n) is 8.54. The molecule has 1 aromatic rings. The smallest absolute Gasteiger partial charge is 0.335 e.